The molecule has 3 aliphatic carbocycles. The lowest BCUT2D eigenvalue weighted by Gasteiger charge is -2.31. The van der Waals surface area contributed by atoms with E-state index in [9.17, 15) is 0 Å². The molecule has 0 aromatic rings. The van der Waals surface area contributed by atoms with Gasteiger partial charge in [-0.15, -0.1) is 0 Å². The zero-order chi connectivity index (χ0) is 8.84. The van der Waals surface area contributed by atoms with Crippen molar-refractivity contribution in [2.75, 3.05) is 0 Å². The highest BCUT2D eigenvalue weighted by Gasteiger charge is 2.43. The monoisotopic (exact) mass is 176 g/mol. The summed E-state index contributed by atoms with van der Waals surface area (Å²) in [5.74, 6) is 3.21. The fraction of sp³-hybridized carbons (Fsp3) is 0.846. The van der Waals surface area contributed by atoms with Crippen LogP contribution in [-0.4, -0.2) is 0 Å². The highest BCUT2D eigenvalue weighted by molar-refractivity contribution is 5.34. The second-order valence-corrected chi connectivity index (χ2v) is 5.22. The van der Waals surface area contributed by atoms with Gasteiger partial charge < -0.3 is 0 Å². The van der Waals surface area contributed by atoms with Crippen LogP contribution < -0.4 is 0 Å². The van der Waals surface area contributed by atoms with E-state index in [1.54, 1.807) is 0 Å². The van der Waals surface area contributed by atoms with E-state index in [1.807, 2.05) is 11.1 Å². The van der Waals surface area contributed by atoms with Crippen LogP contribution in [0, 0.1) is 17.8 Å². The van der Waals surface area contributed by atoms with E-state index in [0.717, 1.165) is 17.8 Å². The largest absolute Gasteiger partial charge is 0.0673 e. The van der Waals surface area contributed by atoms with Crippen molar-refractivity contribution in [3.8, 4) is 0 Å². The zero-order valence-electron chi connectivity index (χ0n) is 8.68. The molecule has 3 aliphatic rings. The van der Waals surface area contributed by atoms with E-state index >= 15 is 0 Å². The van der Waals surface area contributed by atoms with Crippen LogP contribution >= 0.6 is 0 Å². The Hall–Kier alpha value is -0.260. The molecule has 0 heteroatoms. The van der Waals surface area contributed by atoms with Crippen molar-refractivity contribution in [2.45, 2.75) is 51.9 Å². The molecule has 0 spiro atoms. The van der Waals surface area contributed by atoms with Crippen molar-refractivity contribution < 1.29 is 0 Å². The first-order chi connectivity index (χ1) is 6.40. The summed E-state index contributed by atoms with van der Waals surface area (Å²) < 4.78 is 0. The Balaban J connectivity index is 1.75. The molecule has 0 heterocycles. The van der Waals surface area contributed by atoms with Crippen LogP contribution in [0.15, 0.2) is 11.1 Å². The molecule has 0 saturated heterocycles. The van der Waals surface area contributed by atoms with Gasteiger partial charge >= 0.3 is 0 Å². The molecule has 13 heavy (non-hydrogen) atoms. The van der Waals surface area contributed by atoms with Crippen molar-refractivity contribution in [3.63, 3.8) is 0 Å². The quantitative estimate of drug-likeness (QED) is 0.572. The molecule has 0 aromatic carbocycles. The summed E-state index contributed by atoms with van der Waals surface area (Å²) in [6, 6.07) is 0. The van der Waals surface area contributed by atoms with Crippen molar-refractivity contribution >= 4 is 0 Å². The van der Waals surface area contributed by atoms with Gasteiger partial charge in [-0.2, -0.15) is 0 Å². The summed E-state index contributed by atoms with van der Waals surface area (Å²) in [5, 5.41) is 0. The highest BCUT2D eigenvalue weighted by atomic mass is 14.5. The van der Waals surface area contributed by atoms with Gasteiger partial charge in [-0.3, -0.25) is 0 Å². The molecule has 0 N–H and O–H groups in total. The Morgan fingerprint density at radius 2 is 2.00 bits per heavy atom. The first kappa shape index (κ1) is 8.08. The van der Waals surface area contributed by atoms with Gasteiger partial charge in [-0.05, 0) is 56.3 Å². The van der Waals surface area contributed by atoms with E-state index < -0.39 is 0 Å². The normalized spacial score (nSPS) is 37.6. The Bertz CT molecular complexity index is 245. The van der Waals surface area contributed by atoms with Gasteiger partial charge in [0.25, 0.3) is 0 Å². The highest BCUT2D eigenvalue weighted by Crippen LogP contribution is 2.56. The maximum absolute atomic E-state index is 2.34. The smallest absolute Gasteiger partial charge is 0.0166 e. The second kappa shape index (κ2) is 2.87. The predicted octanol–water partition coefficient (Wildman–Crippen LogP) is 3.92. The first-order valence-electron chi connectivity index (χ1n) is 6.12. The third-order valence-corrected chi connectivity index (χ3v) is 4.37. The molecule has 0 nitrogen and oxygen atoms in total. The van der Waals surface area contributed by atoms with Crippen LogP contribution in [0.1, 0.15) is 51.9 Å². The third-order valence-electron chi connectivity index (χ3n) is 4.37. The lowest BCUT2D eigenvalue weighted by molar-refractivity contribution is 0.306. The zero-order valence-corrected chi connectivity index (χ0v) is 8.68. The third kappa shape index (κ3) is 1.18. The summed E-state index contributed by atoms with van der Waals surface area (Å²) in [6.45, 7) is 2.34. The average molecular weight is 176 g/mol. The minimum atomic E-state index is 1.07. The molecule has 0 bridgehead atoms. The van der Waals surface area contributed by atoms with E-state index in [-0.39, 0.29) is 0 Å². The second-order valence-electron chi connectivity index (χ2n) is 5.22. The van der Waals surface area contributed by atoms with E-state index in [1.165, 1.54) is 44.9 Å². The SMILES string of the molecule is CCCC1CC(C2CC2)=C2CCC21. The number of allylic oxidation sites excluding steroid dienone is 2. The van der Waals surface area contributed by atoms with Crippen LogP contribution in [0.3, 0.4) is 0 Å². The number of hydrogen-bond donors (Lipinski definition) is 0. The van der Waals surface area contributed by atoms with Crippen LogP contribution in [0.2, 0.25) is 0 Å². The topological polar surface area (TPSA) is 0 Å². The lowest BCUT2D eigenvalue weighted by Crippen LogP contribution is -2.19. The average Bonchev–Trinajstić information content (AvgIpc) is 2.80. The minimum absolute atomic E-state index is 1.07. The summed E-state index contributed by atoms with van der Waals surface area (Å²) in [4.78, 5) is 0. The Morgan fingerprint density at radius 1 is 1.15 bits per heavy atom. The molecule has 0 radical (unpaired) electrons. The Kier molecular flexibility index (Phi) is 1.78. The van der Waals surface area contributed by atoms with Crippen molar-refractivity contribution in [1.29, 1.82) is 0 Å². The fourth-order valence-corrected chi connectivity index (χ4v) is 3.46. The summed E-state index contributed by atoms with van der Waals surface area (Å²) in [6.07, 6.45) is 10.4. The maximum Gasteiger partial charge on any atom is -0.0166 e. The maximum atomic E-state index is 2.34. The van der Waals surface area contributed by atoms with Crippen LogP contribution in [-0.2, 0) is 0 Å². The van der Waals surface area contributed by atoms with Crippen LogP contribution in [0.25, 0.3) is 0 Å². The van der Waals surface area contributed by atoms with Crippen molar-refractivity contribution in [1.82, 2.24) is 0 Å². The molecule has 2 saturated carbocycles. The predicted molar refractivity (Wildman–Crippen MR) is 55.5 cm³/mol. The van der Waals surface area contributed by atoms with Gasteiger partial charge in [0.1, 0.15) is 0 Å². The lowest BCUT2D eigenvalue weighted by atomic mass is 9.74. The van der Waals surface area contributed by atoms with Crippen molar-refractivity contribution in [3.05, 3.63) is 11.1 Å². The van der Waals surface area contributed by atoms with Gasteiger partial charge in [0.05, 0.1) is 0 Å². The van der Waals surface area contributed by atoms with E-state index in [2.05, 4.69) is 6.92 Å². The molecule has 72 valence electrons. The van der Waals surface area contributed by atoms with E-state index in [4.69, 9.17) is 0 Å². The van der Waals surface area contributed by atoms with Gasteiger partial charge in [0.2, 0.25) is 0 Å². The molecule has 2 fully saturated rings. The fourth-order valence-electron chi connectivity index (χ4n) is 3.46. The summed E-state index contributed by atoms with van der Waals surface area (Å²) >= 11 is 0. The van der Waals surface area contributed by atoms with Gasteiger partial charge in [0, 0.05) is 0 Å². The first-order valence-corrected chi connectivity index (χ1v) is 6.12. The number of fused-ring (bicyclic) bond motifs is 1. The van der Waals surface area contributed by atoms with Gasteiger partial charge in [0.15, 0.2) is 0 Å². The Labute approximate surface area is 81.4 Å². The number of hydrogen-bond acceptors (Lipinski definition) is 0. The van der Waals surface area contributed by atoms with Crippen LogP contribution in [0.5, 0.6) is 0 Å². The molecule has 0 amide bonds. The molecule has 0 aromatic heterocycles. The van der Waals surface area contributed by atoms with E-state index in [0.29, 0.717) is 0 Å². The Morgan fingerprint density at radius 3 is 2.54 bits per heavy atom. The molecular weight excluding hydrogens is 156 g/mol. The summed E-state index contributed by atoms with van der Waals surface area (Å²) in [5.41, 5.74) is 3.87. The van der Waals surface area contributed by atoms with Gasteiger partial charge in [-0.1, -0.05) is 24.5 Å². The molecule has 0 aliphatic heterocycles. The number of rotatable bonds is 3. The van der Waals surface area contributed by atoms with Crippen LogP contribution in [0.4, 0.5) is 0 Å². The standard InChI is InChI=1S/C13H20/c1-2-3-10-8-13(9-4-5-9)12-7-6-11(10)12/h9-11H,2-8H2,1H3. The minimum Gasteiger partial charge on any atom is -0.0673 e. The molecule has 2 unspecified atom stereocenters. The van der Waals surface area contributed by atoms with Crippen molar-refractivity contribution in [2.24, 2.45) is 17.8 Å². The van der Waals surface area contributed by atoms with Gasteiger partial charge in [-0.25, -0.2) is 0 Å². The molecule has 2 atom stereocenters. The molecule has 3 rings (SSSR count). The molecular formula is C13H20. The summed E-state index contributed by atoms with van der Waals surface area (Å²) in [7, 11) is 0.